The van der Waals surface area contributed by atoms with Gasteiger partial charge in [0, 0.05) is 11.8 Å². The van der Waals surface area contributed by atoms with Crippen molar-refractivity contribution in [3.05, 3.63) is 12.2 Å². The average Bonchev–Trinajstić information content (AvgIpc) is 2.79. The van der Waals surface area contributed by atoms with E-state index in [1.165, 1.54) is 0 Å². The number of aliphatic hydroxyl groups is 1. The lowest BCUT2D eigenvalue weighted by molar-refractivity contribution is -0.346. The van der Waals surface area contributed by atoms with E-state index in [1.54, 1.807) is 0 Å². The second-order valence-electron chi connectivity index (χ2n) is 4.66. The van der Waals surface area contributed by atoms with Crippen LogP contribution >= 0.6 is 0 Å². The van der Waals surface area contributed by atoms with Crippen LogP contribution in [-0.4, -0.2) is 35.1 Å². The molecule has 2 aliphatic rings. The van der Waals surface area contributed by atoms with Gasteiger partial charge in [0.05, 0.1) is 0 Å². The van der Waals surface area contributed by atoms with Crippen molar-refractivity contribution in [1.29, 1.82) is 0 Å². The standard InChI is InChI=1S/C10H9F7O/c11-4-7(18,10(15,16)17)8(12)5-1-2-6(3-5)9(8,13)14/h1-2,5-6,18H,3-4H2. The van der Waals surface area contributed by atoms with Crippen LogP contribution in [0, 0.1) is 11.8 Å². The lowest BCUT2D eigenvalue weighted by Crippen LogP contribution is -2.70. The van der Waals surface area contributed by atoms with Crippen molar-refractivity contribution in [3.63, 3.8) is 0 Å². The molecule has 0 radical (unpaired) electrons. The molecule has 0 heterocycles. The molecule has 0 aromatic heterocycles. The first kappa shape index (κ1) is 13.6. The molecule has 1 fully saturated rings. The number of hydrogen-bond acceptors (Lipinski definition) is 1. The molecule has 0 aromatic rings. The van der Waals surface area contributed by atoms with E-state index < -0.39 is 48.3 Å². The maximum Gasteiger partial charge on any atom is 0.423 e. The summed E-state index contributed by atoms with van der Waals surface area (Å²) in [6, 6.07) is 0. The molecule has 0 aliphatic heterocycles. The van der Waals surface area contributed by atoms with Gasteiger partial charge in [0.25, 0.3) is 5.92 Å². The molecule has 1 N–H and O–H groups in total. The molecule has 0 amide bonds. The van der Waals surface area contributed by atoms with Gasteiger partial charge in [-0.05, 0) is 6.42 Å². The molecule has 2 rings (SSSR count). The molecule has 4 unspecified atom stereocenters. The van der Waals surface area contributed by atoms with Crippen molar-refractivity contribution < 1.29 is 35.8 Å². The number of alkyl halides is 7. The van der Waals surface area contributed by atoms with Crippen LogP contribution in [0.3, 0.4) is 0 Å². The minimum Gasteiger partial charge on any atom is -0.376 e. The summed E-state index contributed by atoms with van der Waals surface area (Å²) in [6.07, 6.45) is -4.65. The summed E-state index contributed by atoms with van der Waals surface area (Å²) in [5.41, 5.74) is -9.07. The van der Waals surface area contributed by atoms with Crippen molar-refractivity contribution in [3.8, 4) is 0 Å². The molecule has 4 atom stereocenters. The van der Waals surface area contributed by atoms with Gasteiger partial charge in [-0.3, -0.25) is 0 Å². The highest BCUT2D eigenvalue weighted by molar-refractivity contribution is 5.31. The van der Waals surface area contributed by atoms with Crippen molar-refractivity contribution in [1.82, 2.24) is 0 Å². The first-order chi connectivity index (χ1) is 8.02. The molecule has 2 aliphatic carbocycles. The minimum atomic E-state index is -5.82. The van der Waals surface area contributed by atoms with Gasteiger partial charge in [0.1, 0.15) is 6.67 Å². The van der Waals surface area contributed by atoms with Crippen LogP contribution in [0.5, 0.6) is 0 Å². The summed E-state index contributed by atoms with van der Waals surface area (Å²) in [5.74, 6) is -8.05. The van der Waals surface area contributed by atoms with E-state index >= 15 is 0 Å². The van der Waals surface area contributed by atoms with Crippen molar-refractivity contribution in [2.75, 3.05) is 6.67 Å². The minimum absolute atomic E-state index is 0.568. The lowest BCUT2D eigenvalue weighted by atomic mass is 9.73. The van der Waals surface area contributed by atoms with Crippen molar-refractivity contribution >= 4 is 0 Å². The highest BCUT2D eigenvalue weighted by Gasteiger charge is 2.83. The number of fused-ring (bicyclic) bond motifs is 2. The normalized spacial score (nSPS) is 41.1. The summed E-state index contributed by atoms with van der Waals surface area (Å²) in [7, 11) is 0. The molecule has 2 bridgehead atoms. The quantitative estimate of drug-likeness (QED) is 0.608. The highest BCUT2D eigenvalue weighted by atomic mass is 19.4. The molecular weight excluding hydrogens is 269 g/mol. The van der Waals surface area contributed by atoms with Crippen LogP contribution in [0.25, 0.3) is 0 Å². The third-order valence-electron chi connectivity index (χ3n) is 3.81. The van der Waals surface area contributed by atoms with Crippen molar-refractivity contribution in [2.24, 2.45) is 11.8 Å². The van der Waals surface area contributed by atoms with E-state index in [9.17, 15) is 35.8 Å². The predicted molar refractivity (Wildman–Crippen MR) is 46.5 cm³/mol. The molecule has 0 spiro atoms. The van der Waals surface area contributed by atoms with Crippen LogP contribution in [0.4, 0.5) is 30.7 Å². The maximum atomic E-state index is 14.3. The van der Waals surface area contributed by atoms with E-state index in [4.69, 9.17) is 0 Å². The predicted octanol–water partition coefficient (Wildman–Crippen LogP) is 2.80. The van der Waals surface area contributed by atoms with Crippen LogP contribution in [-0.2, 0) is 0 Å². The molecular formula is C10H9F7O. The summed E-state index contributed by atoms with van der Waals surface area (Å²) in [5, 5.41) is 9.18. The molecule has 104 valence electrons. The SMILES string of the molecule is OC(CF)(C(F)(F)F)C1(F)C2C=CC(C2)C1(F)F. The molecule has 8 heteroatoms. The Labute approximate surface area is 97.3 Å². The number of allylic oxidation sites excluding steroid dienone is 2. The van der Waals surface area contributed by atoms with Crippen LogP contribution in [0.15, 0.2) is 12.2 Å². The Morgan fingerprint density at radius 2 is 1.61 bits per heavy atom. The first-order valence-electron chi connectivity index (χ1n) is 5.12. The number of hydrogen-bond donors (Lipinski definition) is 1. The van der Waals surface area contributed by atoms with Crippen molar-refractivity contribution in [2.45, 2.75) is 29.8 Å². The summed E-state index contributed by atoms with van der Waals surface area (Å²) >= 11 is 0. The molecule has 0 saturated heterocycles. The third-order valence-corrected chi connectivity index (χ3v) is 3.81. The zero-order valence-electron chi connectivity index (χ0n) is 8.82. The first-order valence-corrected chi connectivity index (χ1v) is 5.12. The fourth-order valence-corrected chi connectivity index (χ4v) is 2.74. The fourth-order valence-electron chi connectivity index (χ4n) is 2.74. The largest absolute Gasteiger partial charge is 0.423 e. The Morgan fingerprint density at radius 1 is 1.11 bits per heavy atom. The fraction of sp³-hybridized carbons (Fsp3) is 0.800. The monoisotopic (exact) mass is 278 g/mol. The zero-order valence-corrected chi connectivity index (χ0v) is 8.82. The van der Waals surface area contributed by atoms with Crippen LogP contribution in [0.1, 0.15) is 6.42 Å². The molecule has 18 heavy (non-hydrogen) atoms. The van der Waals surface area contributed by atoms with Gasteiger partial charge >= 0.3 is 6.18 Å². The molecule has 1 saturated carbocycles. The van der Waals surface area contributed by atoms with Gasteiger partial charge in [0.2, 0.25) is 11.3 Å². The number of rotatable bonds is 2. The van der Waals surface area contributed by atoms with Gasteiger partial charge in [-0.1, -0.05) is 12.2 Å². The summed E-state index contributed by atoms with van der Waals surface area (Å²) < 4.78 is 91.9. The Morgan fingerprint density at radius 3 is 1.94 bits per heavy atom. The van der Waals surface area contributed by atoms with E-state index in [-0.39, 0.29) is 0 Å². The van der Waals surface area contributed by atoms with Crippen LogP contribution < -0.4 is 0 Å². The second-order valence-corrected chi connectivity index (χ2v) is 4.66. The van der Waals surface area contributed by atoms with E-state index in [0.717, 1.165) is 12.2 Å². The molecule has 0 aromatic carbocycles. The van der Waals surface area contributed by atoms with Gasteiger partial charge in [-0.2, -0.15) is 13.2 Å². The third kappa shape index (κ3) is 1.22. The summed E-state index contributed by atoms with van der Waals surface area (Å²) in [6.45, 7) is -2.65. The van der Waals surface area contributed by atoms with E-state index in [0.29, 0.717) is 0 Å². The smallest absolute Gasteiger partial charge is 0.376 e. The summed E-state index contributed by atoms with van der Waals surface area (Å²) in [4.78, 5) is 0. The Balaban J connectivity index is 2.58. The number of halogens is 7. The maximum absolute atomic E-state index is 14.3. The molecule has 1 nitrogen and oxygen atoms in total. The topological polar surface area (TPSA) is 20.2 Å². The highest BCUT2D eigenvalue weighted by Crippen LogP contribution is 2.64. The second kappa shape index (κ2) is 3.40. The van der Waals surface area contributed by atoms with Gasteiger partial charge < -0.3 is 5.11 Å². The zero-order chi connectivity index (χ0) is 14.0. The Bertz CT molecular complexity index is 390. The van der Waals surface area contributed by atoms with Gasteiger partial charge in [-0.25, -0.2) is 17.6 Å². The van der Waals surface area contributed by atoms with Crippen LogP contribution in [0.2, 0.25) is 0 Å². The Hall–Kier alpha value is -0.790. The average molecular weight is 278 g/mol. The van der Waals surface area contributed by atoms with E-state index in [1.807, 2.05) is 0 Å². The Kier molecular flexibility index (Phi) is 2.58. The van der Waals surface area contributed by atoms with E-state index in [2.05, 4.69) is 0 Å². The van der Waals surface area contributed by atoms with Gasteiger partial charge in [0.15, 0.2) is 0 Å². The van der Waals surface area contributed by atoms with Gasteiger partial charge in [-0.15, -0.1) is 0 Å². The lowest BCUT2D eigenvalue weighted by Gasteiger charge is -2.45.